The molecule has 1 aliphatic rings. The fraction of sp³-hybridized carbons (Fsp3) is 0.355. The molecule has 1 atom stereocenters. The minimum Gasteiger partial charge on any atom is -0.460 e. The molecule has 1 unspecified atom stereocenters. The highest BCUT2D eigenvalue weighted by Crippen LogP contribution is 2.33. The number of ether oxygens (including phenoxy) is 2. The van der Waals surface area contributed by atoms with E-state index < -0.39 is 6.36 Å². The van der Waals surface area contributed by atoms with E-state index in [9.17, 15) is 22.8 Å². The molecule has 0 saturated carbocycles. The number of Topliss-reactive ketones (excluding diaryl/α,β-unsaturated/α-hetero) is 1. The van der Waals surface area contributed by atoms with Gasteiger partial charge < -0.3 is 24.3 Å². The molecule has 15 heteroatoms. The molecular formula is C31H30F3N7O4S. The number of halogens is 3. The summed E-state index contributed by atoms with van der Waals surface area (Å²) in [5.41, 5.74) is 2.37. The van der Waals surface area contributed by atoms with Gasteiger partial charge >= 0.3 is 12.4 Å². The van der Waals surface area contributed by atoms with Crippen LogP contribution < -0.4 is 14.8 Å². The second-order valence-corrected chi connectivity index (χ2v) is 12.1. The van der Waals surface area contributed by atoms with Gasteiger partial charge in [0.05, 0.1) is 21.3 Å². The van der Waals surface area contributed by atoms with Gasteiger partial charge in [-0.25, -0.2) is 19.9 Å². The SMILES string of the molecule is CC(CCC(=O)N1CCC(Oc2ncccn2)CC1)C(=O)c1ccc2c(c1)nc(Nc1nc3ccc(OC(F)(F)F)cc3s1)n2C. The summed E-state index contributed by atoms with van der Waals surface area (Å²) in [6.45, 7) is 2.98. The summed E-state index contributed by atoms with van der Waals surface area (Å²) in [7, 11) is 1.81. The van der Waals surface area contributed by atoms with E-state index in [1.54, 1.807) is 42.2 Å². The van der Waals surface area contributed by atoms with E-state index in [-0.39, 0.29) is 35.9 Å². The zero-order valence-corrected chi connectivity index (χ0v) is 25.8. The highest BCUT2D eigenvalue weighted by Gasteiger charge is 2.31. The quantitative estimate of drug-likeness (QED) is 0.173. The van der Waals surface area contributed by atoms with Gasteiger partial charge in [0, 0.05) is 69.3 Å². The van der Waals surface area contributed by atoms with Crippen LogP contribution in [0.15, 0.2) is 54.9 Å². The van der Waals surface area contributed by atoms with Crippen LogP contribution in [0.1, 0.15) is 43.0 Å². The number of nitrogens with zero attached hydrogens (tertiary/aromatic N) is 6. The number of likely N-dealkylation sites (tertiary alicyclic amines) is 1. The van der Waals surface area contributed by atoms with E-state index in [1.807, 2.05) is 17.9 Å². The van der Waals surface area contributed by atoms with Crippen molar-refractivity contribution < 1.29 is 32.2 Å². The molecule has 1 saturated heterocycles. The van der Waals surface area contributed by atoms with Crippen LogP contribution >= 0.6 is 11.3 Å². The molecule has 6 rings (SSSR count). The lowest BCUT2D eigenvalue weighted by Gasteiger charge is -2.31. The lowest BCUT2D eigenvalue weighted by Crippen LogP contribution is -2.42. The fourth-order valence-electron chi connectivity index (χ4n) is 5.35. The van der Waals surface area contributed by atoms with Crippen molar-refractivity contribution in [3.63, 3.8) is 0 Å². The molecule has 0 aliphatic carbocycles. The van der Waals surface area contributed by atoms with Crippen molar-refractivity contribution in [2.75, 3.05) is 18.4 Å². The van der Waals surface area contributed by atoms with E-state index in [0.29, 0.717) is 70.7 Å². The van der Waals surface area contributed by atoms with E-state index in [4.69, 9.17) is 4.74 Å². The molecule has 4 heterocycles. The maximum atomic E-state index is 13.3. The number of hydrogen-bond donors (Lipinski definition) is 1. The first-order valence-corrected chi connectivity index (χ1v) is 15.5. The number of aryl methyl sites for hydroxylation is 1. The first kappa shape index (κ1) is 31.2. The molecule has 5 aromatic rings. The number of imidazole rings is 1. The molecule has 1 N–H and O–H groups in total. The van der Waals surface area contributed by atoms with Gasteiger partial charge in [-0.15, -0.1) is 13.2 Å². The number of nitrogens with one attached hydrogen (secondary N) is 1. The number of alkyl halides is 3. The Labute approximate surface area is 265 Å². The Bertz CT molecular complexity index is 1870. The number of amides is 1. The van der Waals surface area contributed by atoms with Crippen LogP contribution in [0, 0.1) is 5.92 Å². The van der Waals surface area contributed by atoms with Gasteiger partial charge in [0.15, 0.2) is 10.9 Å². The molecule has 2 aromatic carbocycles. The Hall–Kier alpha value is -4.79. The minimum absolute atomic E-state index is 0.0175. The third-order valence-electron chi connectivity index (χ3n) is 7.83. The predicted molar refractivity (Wildman–Crippen MR) is 165 cm³/mol. The summed E-state index contributed by atoms with van der Waals surface area (Å²) in [6.07, 6.45) is 0.501. The molecule has 3 aromatic heterocycles. The highest BCUT2D eigenvalue weighted by atomic mass is 32.1. The maximum absolute atomic E-state index is 13.3. The third-order valence-corrected chi connectivity index (χ3v) is 8.76. The largest absolute Gasteiger partial charge is 0.573 e. The fourth-order valence-corrected chi connectivity index (χ4v) is 6.24. The highest BCUT2D eigenvalue weighted by molar-refractivity contribution is 7.22. The van der Waals surface area contributed by atoms with E-state index in [2.05, 4.69) is 30.0 Å². The first-order valence-electron chi connectivity index (χ1n) is 14.7. The van der Waals surface area contributed by atoms with Crippen LogP contribution in [0.4, 0.5) is 24.3 Å². The lowest BCUT2D eigenvalue weighted by molar-refractivity contribution is -0.274. The molecule has 0 radical (unpaired) electrons. The zero-order valence-electron chi connectivity index (χ0n) is 25.0. The molecular weight excluding hydrogens is 623 g/mol. The number of hydrogen-bond acceptors (Lipinski definition) is 10. The van der Waals surface area contributed by atoms with Crippen LogP contribution in [0.25, 0.3) is 21.3 Å². The van der Waals surface area contributed by atoms with Crippen molar-refractivity contribution in [3.8, 4) is 11.8 Å². The van der Waals surface area contributed by atoms with Crippen LogP contribution in [-0.4, -0.2) is 66.6 Å². The monoisotopic (exact) mass is 653 g/mol. The Kier molecular flexibility index (Phi) is 8.75. The number of ketones is 1. The second kappa shape index (κ2) is 12.9. The normalized spacial score (nSPS) is 14.8. The van der Waals surface area contributed by atoms with Gasteiger partial charge in [0.25, 0.3) is 0 Å². The summed E-state index contributed by atoms with van der Waals surface area (Å²) in [5, 5.41) is 3.56. The van der Waals surface area contributed by atoms with E-state index in [1.165, 1.54) is 18.2 Å². The summed E-state index contributed by atoms with van der Waals surface area (Å²) in [4.78, 5) is 45.2. The number of anilines is 2. The smallest absolute Gasteiger partial charge is 0.460 e. The van der Waals surface area contributed by atoms with Crippen molar-refractivity contribution in [2.45, 2.75) is 45.1 Å². The Morgan fingerprint density at radius 2 is 1.83 bits per heavy atom. The Morgan fingerprint density at radius 3 is 2.57 bits per heavy atom. The van der Waals surface area contributed by atoms with E-state index >= 15 is 0 Å². The number of thiazole rings is 1. The number of rotatable bonds is 10. The van der Waals surface area contributed by atoms with E-state index in [0.717, 1.165) is 16.9 Å². The number of piperidine rings is 1. The minimum atomic E-state index is -4.78. The third kappa shape index (κ3) is 7.19. The average Bonchev–Trinajstić information content (AvgIpc) is 3.58. The van der Waals surface area contributed by atoms with Crippen LogP contribution in [-0.2, 0) is 11.8 Å². The predicted octanol–water partition coefficient (Wildman–Crippen LogP) is 6.28. The number of carbonyl (C=O) groups excluding carboxylic acids is 2. The molecule has 1 aliphatic heterocycles. The molecule has 11 nitrogen and oxygen atoms in total. The Balaban J connectivity index is 1.04. The van der Waals surface area contributed by atoms with Crippen molar-refractivity contribution in [3.05, 3.63) is 60.4 Å². The lowest BCUT2D eigenvalue weighted by atomic mass is 9.94. The van der Waals surface area contributed by atoms with Crippen molar-refractivity contribution in [1.29, 1.82) is 0 Å². The topological polar surface area (TPSA) is 124 Å². The Morgan fingerprint density at radius 1 is 1.07 bits per heavy atom. The molecule has 46 heavy (non-hydrogen) atoms. The van der Waals surface area contributed by atoms with Gasteiger partial charge in [-0.1, -0.05) is 18.3 Å². The van der Waals surface area contributed by atoms with Crippen molar-refractivity contribution >= 4 is 55.4 Å². The van der Waals surface area contributed by atoms with Crippen molar-refractivity contribution in [1.82, 2.24) is 29.4 Å². The van der Waals surface area contributed by atoms with Crippen LogP contribution in [0.2, 0.25) is 0 Å². The maximum Gasteiger partial charge on any atom is 0.573 e. The summed E-state index contributed by atoms with van der Waals surface area (Å²) in [5.74, 6) is -0.294. The number of fused-ring (bicyclic) bond motifs is 2. The van der Waals surface area contributed by atoms with Crippen LogP contribution in [0.5, 0.6) is 11.8 Å². The standard InChI is InChI=1S/C31H30F3N7O4S/c1-18(4-9-26(42)41-14-10-20(11-15-41)44-29-35-12-3-13-36-29)27(43)19-5-8-24-23(16-19)37-28(40(24)2)39-30-38-22-7-6-21(17-25(22)46-30)45-31(32,33)34/h3,5-8,12-13,16-18,20H,4,9-11,14-15H2,1-2H3,(H,37,38,39). The molecule has 240 valence electrons. The molecule has 1 fully saturated rings. The van der Waals surface area contributed by atoms with Gasteiger partial charge in [0.2, 0.25) is 11.9 Å². The van der Waals surface area contributed by atoms with Gasteiger partial charge in [-0.3, -0.25) is 9.59 Å². The van der Waals surface area contributed by atoms with Gasteiger partial charge in [-0.2, -0.15) is 0 Å². The molecule has 1 amide bonds. The second-order valence-electron chi connectivity index (χ2n) is 11.1. The van der Waals surface area contributed by atoms with Gasteiger partial charge in [0.1, 0.15) is 11.9 Å². The van der Waals surface area contributed by atoms with Crippen LogP contribution in [0.3, 0.4) is 0 Å². The number of carbonyl (C=O) groups is 2. The average molecular weight is 654 g/mol. The summed E-state index contributed by atoms with van der Waals surface area (Å²) in [6, 6.07) is 11.3. The number of benzene rings is 2. The molecule has 0 spiro atoms. The molecule has 0 bridgehead atoms. The summed E-state index contributed by atoms with van der Waals surface area (Å²) < 4.78 is 49.9. The first-order chi connectivity index (χ1) is 22.0. The summed E-state index contributed by atoms with van der Waals surface area (Å²) >= 11 is 1.16. The van der Waals surface area contributed by atoms with Gasteiger partial charge in [-0.05, 0) is 42.8 Å². The van der Waals surface area contributed by atoms with Crippen molar-refractivity contribution in [2.24, 2.45) is 13.0 Å². The zero-order chi connectivity index (χ0) is 32.4. The number of aromatic nitrogens is 5.